The summed E-state index contributed by atoms with van der Waals surface area (Å²) in [6, 6.07) is 9.19. The van der Waals surface area contributed by atoms with Gasteiger partial charge in [-0.2, -0.15) is 0 Å². The van der Waals surface area contributed by atoms with E-state index in [2.05, 4.69) is 5.32 Å². The molecule has 1 atom stereocenters. The molecule has 0 saturated carbocycles. The second-order valence-electron chi connectivity index (χ2n) is 8.71. The molecule has 10 heteroatoms. The SMILES string of the molecule is CCOC(=O)N1CCN(C(CCC(=O)OC(C)(C)C)NC(=O)OCc2ccccc2)C(=C=O)C1. The molecule has 1 saturated heterocycles. The highest BCUT2D eigenvalue weighted by atomic mass is 16.6. The third-order valence-corrected chi connectivity index (χ3v) is 4.86. The highest BCUT2D eigenvalue weighted by Crippen LogP contribution is 2.19. The van der Waals surface area contributed by atoms with Crippen molar-refractivity contribution in [3.05, 3.63) is 41.6 Å². The van der Waals surface area contributed by atoms with E-state index >= 15 is 0 Å². The Bertz CT molecular complexity index is 892. The van der Waals surface area contributed by atoms with Crippen LogP contribution in [0.4, 0.5) is 9.59 Å². The second kappa shape index (κ2) is 12.6. The van der Waals surface area contributed by atoms with Gasteiger partial charge in [-0.1, -0.05) is 30.3 Å². The molecule has 1 aliphatic rings. The van der Waals surface area contributed by atoms with Crippen LogP contribution in [0.25, 0.3) is 0 Å². The number of carbonyl (C=O) groups excluding carboxylic acids is 4. The number of nitrogens with one attached hydrogen (secondary N) is 1. The van der Waals surface area contributed by atoms with Crippen molar-refractivity contribution >= 4 is 24.1 Å². The minimum absolute atomic E-state index is 0.00509. The first-order valence-electron chi connectivity index (χ1n) is 11.2. The highest BCUT2D eigenvalue weighted by molar-refractivity contribution is 5.71. The maximum Gasteiger partial charge on any atom is 0.410 e. The largest absolute Gasteiger partial charge is 0.460 e. The van der Waals surface area contributed by atoms with E-state index in [9.17, 15) is 19.2 Å². The Morgan fingerprint density at radius 2 is 1.82 bits per heavy atom. The lowest BCUT2D eigenvalue weighted by atomic mass is 10.1. The summed E-state index contributed by atoms with van der Waals surface area (Å²) in [7, 11) is 0. The van der Waals surface area contributed by atoms with E-state index in [4.69, 9.17) is 14.2 Å². The fourth-order valence-corrected chi connectivity index (χ4v) is 3.37. The molecule has 0 radical (unpaired) electrons. The van der Waals surface area contributed by atoms with Crippen molar-refractivity contribution in [3.63, 3.8) is 0 Å². The van der Waals surface area contributed by atoms with E-state index in [1.54, 1.807) is 32.6 Å². The Morgan fingerprint density at radius 3 is 2.44 bits per heavy atom. The normalized spacial score (nSPS) is 14.6. The van der Waals surface area contributed by atoms with Gasteiger partial charge in [0.2, 0.25) is 0 Å². The van der Waals surface area contributed by atoms with Gasteiger partial charge in [-0.15, -0.1) is 0 Å². The number of esters is 1. The van der Waals surface area contributed by atoms with Gasteiger partial charge >= 0.3 is 18.2 Å². The van der Waals surface area contributed by atoms with Crippen LogP contribution in [0.15, 0.2) is 36.0 Å². The topological polar surface area (TPSA) is 114 Å². The molecule has 1 fully saturated rings. The monoisotopic (exact) mass is 475 g/mol. The summed E-state index contributed by atoms with van der Waals surface area (Å²) in [6.07, 6.45) is -1.80. The fourth-order valence-electron chi connectivity index (χ4n) is 3.37. The molecule has 0 bridgehead atoms. The molecule has 1 heterocycles. The summed E-state index contributed by atoms with van der Waals surface area (Å²) in [4.78, 5) is 51.6. The molecule has 10 nitrogen and oxygen atoms in total. The lowest BCUT2D eigenvalue weighted by Crippen LogP contribution is -2.56. The number of alkyl carbamates (subject to hydrolysis) is 1. The van der Waals surface area contributed by atoms with Gasteiger partial charge in [-0.05, 0) is 39.7 Å². The first kappa shape index (κ1) is 26.7. The van der Waals surface area contributed by atoms with E-state index in [1.807, 2.05) is 36.3 Å². The molecular weight excluding hydrogens is 442 g/mol. The van der Waals surface area contributed by atoms with E-state index in [1.165, 1.54) is 4.90 Å². The zero-order valence-corrected chi connectivity index (χ0v) is 20.2. The summed E-state index contributed by atoms with van der Waals surface area (Å²) in [5.74, 6) is 1.42. The zero-order valence-electron chi connectivity index (χ0n) is 20.2. The summed E-state index contributed by atoms with van der Waals surface area (Å²) >= 11 is 0. The molecule has 186 valence electrons. The van der Waals surface area contributed by atoms with Crippen molar-refractivity contribution in [1.29, 1.82) is 0 Å². The Balaban J connectivity index is 2.09. The Hall–Kier alpha value is -3.52. The van der Waals surface area contributed by atoms with Crippen LogP contribution in [0.3, 0.4) is 0 Å². The minimum Gasteiger partial charge on any atom is -0.460 e. The average Bonchev–Trinajstić information content (AvgIpc) is 2.79. The van der Waals surface area contributed by atoms with Gasteiger partial charge in [-0.3, -0.25) is 9.69 Å². The first-order chi connectivity index (χ1) is 16.1. The van der Waals surface area contributed by atoms with E-state index in [0.717, 1.165) is 5.56 Å². The van der Waals surface area contributed by atoms with Crippen molar-refractivity contribution < 1.29 is 33.4 Å². The molecule has 1 aromatic carbocycles. The maximum absolute atomic E-state index is 12.5. The molecule has 0 spiro atoms. The smallest absolute Gasteiger partial charge is 0.410 e. The van der Waals surface area contributed by atoms with E-state index in [-0.39, 0.29) is 51.4 Å². The van der Waals surface area contributed by atoms with Gasteiger partial charge in [0.1, 0.15) is 30.0 Å². The molecule has 2 amide bonds. The van der Waals surface area contributed by atoms with Crippen molar-refractivity contribution in [2.75, 3.05) is 26.2 Å². The van der Waals surface area contributed by atoms with Crippen LogP contribution in [0.2, 0.25) is 0 Å². The number of hydrogen-bond acceptors (Lipinski definition) is 8. The highest BCUT2D eigenvalue weighted by Gasteiger charge is 2.32. The van der Waals surface area contributed by atoms with Gasteiger partial charge in [0, 0.05) is 19.5 Å². The third kappa shape index (κ3) is 8.78. The average molecular weight is 476 g/mol. The molecule has 2 rings (SSSR count). The number of ether oxygens (including phenoxy) is 3. The number of hydrogen-bond donors (Lipinski definition) is 1. The van der Waals surface area contributed by atoms with Crippen LogP contribution in [-0.2, 0) is 30.4 Å². The van der Waals surface area contributed by atoms with E-state index < -0.39 is 29.9 Å². The van der Waals surface area contributed by atoms with E-state index in [0.29, 0.717) is 0 Å². The van der Waals surface area contributed by atoms with Crippen LogP contribution in [0.1, 0.15) is 46.1 Å². The third-order valence-electron chi connectivity index (χ3n) is 4.86. The number of piperazine rings is 1. The zero-order chi connectivity index (χ0) is 25.1. The molecule has 1 unspecified atom stereocenters. The van der Waals surface area contributed by atoms with Gasteiger partial charge in [-0.25, -0.2) is 14.4 Å². The summed E-state index contributed by atoms with van der Waals surface area (Å²) < 4.78 is 15.7. The van der Waals surface area contributed by atoms with Crippen LogP contribution in [0.5, 0.6) is 0 Å². The van der Waals surface area contributed by atoms with Crippen molar-refractivity contribution in [2.45, 2.75) is 58.9 Å². The van der Waals surface area contributed by atoms with Crippen molar-refractivity contribution in [1.82, 2.24) is 15.1 Å². The second-order valence-corrected chi connectivity index (χ2v) is 8.71. The van der Waals surface area contributed by atoms with Crippen molar-refractivity contribution in [3.8, 4) is 0 Å². The molecule has 34 heavy (non-hydrogen) atoms. The number of amides is 2. The molecular formula is C24H33N3O7. The Labute approximate surface area is 199 Å². The molecule has 0 aliphatic carbocycles. The maximum atomic E-state index is 12.5. The summed E-state index contributed by atoms with van der Waals surface area (Å²) in [5, 5.41) is 2.73. The van der Waals surface area contributed by atoms with Crippen LogP contribution in [-0.4, -0.2) is 71.9 Å². The standard InChI is InChI=1S/C24H33N3O7/c1-5-32-23(31)26-13-14-27(19(15-26)16-28)20(11-12-21(29)34-24(2,3)4)25-22(30)33-17-18-9-7-6-8-10-18/h6-10,20H,5,11-15,17H2,1-4H3,(H,25,30). The molecule has 0 aromatic heterocycles. The lowest BCUT2D eigenvalue weighted by molar-refractivity contribution is -0.155. The number of carbonyl (C=O) groups is 3. The summed E-state index contributed by atoms with van der Waals surface area (Å²) in [6.45, 7) is 7.77. The number of rotatable bonds is 8. The predicted octanol–water partition coefficient (Wildman–Crippen LogP) is 2.85. The van der Waals surface area contributed by atoms with Crippen LogP contribution >= 0.6 is 0 Å². The fraction of sp³-hybridized carbons (Fsp3) is 0.542. The van der Waals surface area contributed by atoms with Crippen LogP contribution < -0.4 is 5.32 Å². The van der Waals surface area contributed by atoms with Crippen molar-refractivity contribution in [2.24, 2.45) is 0 Å². The number of nitrogens with zero attached hydrogens (tertiary/aromatic N) is 2. The Kier molecular flexibility index (Phi) is 9.94. The molecule has 1 N–H and O–H groups in total. The molecule has 1 aliphatic heterocycles. The summed E-state index contributed by atoms with van der Waals surface area (Å²) in [5.41, 5.74) is 0.338. The van der Waals surface area contributed by atoms with Crippen LogP contribution in [0, 0.1) is 0 Å². The quantitative estimate of drug-likeness (QED) is 0.347. The lowest BCUT2D eigenvalue weighted by Gasteiger charge is -2.40. The minimum atomic E-state index is -0.739. The van der Waals surface area contributed by atoms with Gasteiger partial charge < -0.3 is 24.4 Å². The number of benzene rings is 1. The Morgan fingerprint density at radius 1 is 1.12 bits per heavy atom. The van der Waals surface area contributed by atoms with Gasteiger partial charge in [0.15, 0.2) is 0 Å². The van der Waals surface area contributed by atoms with Gasteiger partial charge in [0.05, 0.1) is 13.2 Å². The van der Waals surface area contributed by atoms with Gasteiger partial charge in [0.25, 0.3) is 0 Å². The first-order valence-corrected chi connectivity index (χ1v) is 11.2. The molecule has 1 aromatic rings. The predicted molar refractivity (Wildman–Crippen MR) is 123 cm³/mol.